The van der Waals surface area contributed by atoms with Crippen molar-refractivity contribution >= 4 is 11.6 Å². The Morgan fingerprint density at radius 3 is 2.11 bits per heavy atom. The first kappa shape index (κ1) is 18.9. The van der Waals surface area contributed by atoms with Crippen LogP contribution in [0.15, 0.2) is 84.9 Å². The van der Waals surface area contributed by atoms with Gasteiger partial charge in [0.05, 0.1) is 0 Å². The predicted molar refractivity (Wildman–Crippen MR) is 111 cm³/mol. The fourth-order valence-corrected chi connectivity index (χ4v) is 3.37. The van der Waals surface area contributed by atoms with E-state index >= 15 is 0 Å². The number of benzene rings is 3. The Labute approximate surface area is 161 Å². The maximum atomic E-state index is 12.6. The van der Waals surface area contributed by atoms with Gasteiger partial charge in [-0.25, -0.2) is 0 Å². The van der Waals surface area contributed by atoms with Crippen LogP contribution in [0.3, 0.4) is 0 Å². The van der Waals surface area contributed by atoms with E-state index in [1.165, 1.54) is 5.56 Å². The monoisotopic (exact) mass is 359 g/mol. The summed E-state index contributed by atoms with van der Waals surface area (Å²) in [6.07, 6.45) is 0. The zero-order valence-electron chi connectivity index (χ0n) is 15.9. The molecule has 0 unspecified atom stereocenters. The van der Waals surface area contributed by atoms with Crippen molar-refractivity contribution in [3.8, 4) is 11.1 Å². The summed E-state index contributed by atoms with van der Waals surface area (Å²) in [4.78, 5) is 12.6. The van der Waals surface area contributed by atoms with Crippen LogP contribution < -0.4 is 10.6 Å². The second kappa shape index (κ2) is 9.15. The van der Waals surface area contributed by atoms with Gasteiger partial charge < -0.3 is 10.6 Å². The van der Waals surface area contributed by atoms with Crippen LogP contribution in [-0.2, 0) is 4.79 Å². The van der Waals surface area contributed by atoms with Crippen molar-refractivity contribution in [1.29, 1.82) is 0 Å². The molecule has 1 atom stereocenters. The second-order valence-corrected chi connectivity index (χ2v) is 7.08. The molecule has 3 aromatic carbocycles. The lowest BCUT2D eigenvalue weighted by atomic mass is 9.96. The molecular weight excluding hydrogens is 332 g/mol. The molecule has 0 heterocycles. The lowest BCUT2D eigenvalue weighted by Gasteiger charge is -2.19. The molecule has 3 nitrogen and oxygen atoms in total. The summed E-state index contributed by atoms with van der Waals surface area (Å²) in [6.45, 7) is 4.77. The maximum absolute atomic E-state index is 12.6. The van der Waals surface area contributed by atoms with E-state index in [-0.39, 0.29) is 11.9 Å². The highest BCUT2D eigenvalue weighted by Gasteiger charge is 2.20. The predicted octanol–water partition coefficient (Wildman–Crippen LogP) is 4.25. The van der Waals surface area contributed by atoms with E-state index in [4.69, 9.17) is 0 Å². The highest BCUT2D eigenvalue weighted by atomic mass is 16.1. The van der Waals surface area contributed by atoms with Crippen LogP contribution in [-0.4, -0.2) is 12.5 Å². The number of nitrogens with two attached hydrogens (primary N) is 1. The summed E-state index contributed by atoms with van der Waals surface area (Å²) in [5, 5.41) is 5.21. The average Bonchev–Trinajstić information content (AvgIpc) is 2.70. The first-order chi connectivity index (χ1) is 13.1. The van der Waals surface area contributed by atoms with Gasteiger partial charge in [0, 0.05) is 22.7 Å². The van der Waals surface area contributed by atoms with Crippen LogP contribution >= 0.6 is 0 Å². The lowest BCUT2D eigenvalue weighted by molar-refractivity contribution is -0.692. The van der Waals surface area contributed by atoms with Gasteiger partial charge in [-0.15, -0.1) is 0 Å². The van der Waals surface area contributed by atoms with E-state index in [1.807, 2.05) is 48.5 Å². The molecule has 27 heavy (non-hydrogen) atoms. The summed E-state index contributed by atoms with van der Waals surface area (Å²) < 4.78 is 0. The quantitative estimate of drug-likeness (QED) is 0.651. The smallest absolute Gasteiger partial charge is 0.279 e. The molecule has 0 fully saturated rings. The molecule has 0 saturated heterocycles. The van der Waals surface area contributed by atoms with Gasteiger partial charge >= 0.3 is 0 Å². The van der Waals surface area contributed by atoms with E-state index < -0.39 is 0 Å². The van der Waals surface area contributed by atoms with E-state index in [0.717, 1.165) is 16.8 Å². The molecule has 0 bridgehead atoms. The molecule has 3 heteroatoms. The number of hydrogen-bond acceptors (Lipinski definition) is 1. The Morgan fingerprint density at radius 1 is 0.852 bits per heavy atom. The Bertz CT molecular complexity index is 860. The topological polar surface area (TPSA) is 45.7 Å². The van der Waals surface area contributed by atoms with Crippen molar-refractivity contribution in [1.82, 2.24) is 0 Å². The Hall–Kier alpha value is -2.91. The largest absolute Gasteiger partial charge is 0.332 e. The first-order valence-electron chi connectivity index (χ1n) is 9.47. The molecule has 1 amide bonds. The van der Waals surface area contributed by atoms with Gasteiger partial charge in [-0.3, -0.25) is 4.79 Å². The Kier molecular flexibility index (Phi) is 6.39. The minimum Gasteiger partial charge on any atom is -0.332 e. The van der Waals surface area contributed by atoms with Crippen molar-refractivity contribution in [2.45, 2.75) is 19.9 Å². The molecule has 0 aliphatic rings. The molecule has 0 radical (unpaired) electrons. The molecule has 0 aliphatic carbocycles. The summed E-state index contributed by atoms with van der Waals surface area (Å²) in [7, 11) is 0. The molecular formula is C24H27N2O+. The highest BCUT2D eigenvalue weighted by molar-refractivity contribution is 5.95. The third-order valence-corrected chi connectivity index (χ3v) is 4.75. The number of hydrogen-bond donors (Lipinski definition) is 2. The van der Waals surface area contributed by atoms with E-state index in [9.17, 15) is 4.79 Å². The molecule has 3 aromatic rings. The van der Waals surface area contributed by atoms with Gasteiger partial charge in [0.25, 0.3) is 5.91 Å². The molecule has 0 aromatic heterocycles. The van der Waals surface area contributed by atoms with Crippen LogP contribution in [0.25, 0.3) is 11.1 Å². The number of para-hydroxylation sites is 1. The highest BCUT2D eigenvalue weighted by Crippen LogP contribution is 2.27. The molecule has 0 aliphatic heterocycles. The first-order valence-corrected chi connectivity index (χ1v) is 9.47. The summed E-state index contributed by atoms with van der Waals surface area (Å²) >= 11 is 0. The number of quaternary nitrogens is 1. The minimum atomic E-state index is 0.0139. The zero-order valence-corrected chi connectivity index (χ0v) is 15.9. The third-order valence-electron chi connectivity index (χ3n) is 4.75. The SMILES string of the molecule is CC(C)[C@H]([NH2+]CC(=O)Nc1ccccc1-c1ccccc1)c1ccccc1. The van der Waals surface area contributed by atoms with Gasteiger partial charge in [0.15, 0.2) is 6.54 Å². The summed E-state index contributed by atoms with van der Waals surface area (Å²) in [5.41, 5.74) is 4.24. The zero-order chi connectivity index (χ0) is 19.1. The van der Waals surface area contributed by atoms with Crippen molar-refractivity contribution in [2.24, 2.45) is 5.92 Å². The van der Waals surface area contributed by atoms with Crippen LogP contribution in [0.1, 0.15) is 25.5 Å². The molecule has 3 N–H and O–H groups in total. The molecule has 0 spiro atoms. The number of nitrogens with one attached hydrogen (secondary N) is 1. The fourth-order valence-electron chi connectivity index (χ4n) is 3.37. The number of carbonyl (C=O) groups excluding carboxylic acids is 1. The van der Waals surface area contributed by atoms with Gasteiger partial charge in [-0.1, -0.05) is 92.7 Å². The van der Waals surface area contributed by atoms with Gasteiger partial charge in [-0.2, -0.15) is 0 Å². The Balaban J connectivity index is 1.68. The normalized spacial score (nSPS) is 12.0. The van der Waals surface area contributed by atoms with E-state index in [2.05, 4.69) is 60.9 Å². The van der Waals surface area contributed by atoms with E-state index in [0.29, 0.717) is 12.5 Å². The standard InChI is InChI=1S/C24H26N2O/c1-18(2)24(20-13-7-4-8-14-20)25-17-23(27)26-22-16-10-9-15-21(22)19-11-5-3-6-12-19/h3-16,18,24-25H,17H2,1-2H3,(H,26,27)/p+1/t24-/m0/s1. The van der Waals surface area contributed by atoms with Crippen LogP contribution in [0.2, 0.25) is 0 Å². The van der Waals surface area contributed by atoms with Crippen molar-refractivity contribution in [3.63, 3.8) is 0 Å². The summed E-state index contributed by atoms with van der Waals surface area (Å²) in [6, 6.07) is 28.7. The van der Waals surface area contributed by atoms with Crippen molar-refractivity contribution < 1.29 is 10.1 Å². The van der Waals surface area contributed by atoms with Gasteiger partial charge in [-0.05, 0) is 11.6 Å². The summed E-state index contributed by atoms with van der Waals surface area (Å²) in [5.74, 6) is 0.455. The molecule has 138 valence electrons. The molecule has 0 saturated carbocycles. The fraction of sp³-hybridized carbons (Fsp3) is 0.208. The number of rotatable bonds is 7. The van der Waals surface area contributed by atoms with Crippen molar-refractivity contribution in [3.05, 3.63) is 90.5 Å². The number of amides is 1. The van der Waals surface area contributed by atoms with E-state index in [1.54, 1.807) is 0 Å². The maximum Gasteiger partial charge on any atom is 0.279 e. The Morgan fingerprint density at radius 2 is 1.44 bits per heavy atom. The second-order valence-electron chi connectivity index (χ2n) is 7.08. The van der Waals surface area contributed by atoms with Crippen LogP contribution in [0.4, 0.5) is 5.69 Å². The van der Waals surface area contributed by atoms with Crippen LogP contribution in [0.5, 0.6) is 0 Å². The van der Waals surface area contributed by atoms with Crippen LogP contribution in [0, 0.1) is 5.92 Å². The molecule has 3 rings (SSSR count). The lowest BCUT2D eigenvalue weighted by Crippen LogP contribution is -2.88. The number of anilines is 1. The third kappa shape index (κ3) is 5.05. The van der Waals surface area contributed by atoms with Gasteiger partial charge in [0.2, 0.25) is 0 Å². The van der Waals surface area contributed by atoms with Gasteiger partial charge in [0.1, 0.15) is 6.04 Å². The number of carbonyl (C=O) groups is 1. The average molecular weight is 359 g/mol. The van der Waals surface area contributed by atoms with Crippen molar-refractivity contribution in [2.75, 3.05) is 11.9 Å². The minimum absolute atomic E-state index is 0.0139.